The van der Waals surface area contributed by atoms with Crippen LogP contribution in [0.5, 0.6) is 0 Å². The summed E-state index contributed by atoms with van der Waals surface area (Å²) in [5.41, 5.74) is 2.02. The molecule has 2 saturated carbocycles. The Balaban J connectivity index is 1.72. The van der Waals surface area contributed by atoms with E-state index in [9.17, 15) is 9.59 Å². The van der Waals surface area contributed by atoms with Gasteiger partial charge in [0.25, 0.3) is 0 Å². The molecule has 4 rings (SSSR count). The van der Waals surface area contributed by atoms with E-state index in [1.54, 1.807) is 6.26 Å². The van der Waals surface area contributed by atoms with E-state index >= 15 is 0 Å². The van der Waals surface area contributed by atoms with E-state index < -0.39 is 5.54 Å². The number of anilines is 1. The smallest absolute Gasteiger partial charge is 0.250 e. The molecule has 2 atom stereocenters. The highest BCUT2D eigenvalue weighted by Crippen LogP contribution is 2.60. The first-order valence-electron chi connectivity index (χ1n) is 12.5. The Bertz CT molecular complexity index is 1060. The van der Waals surface area contributed by atoms with Crippen LogP contribution in [0.2, 0.25) is 0 Å². The normalized spacial score (nSPS) is 22.5. The van der Waals surface area contributed by atoms with Gasteiger partial charge in [0.1, 0.15) is 11.3 Å². The number of nitrogens with zero attached hydrogens (tertiary/aromatic N) is 1. The van der Waals surface area contributed by atoms with E-state index in [1.807, 2.05) is 48.2 Å². The Hall–Kier alpha value is -2.82. The van der Waals surface area contributed by atoms with Crippen LogP contribution in [0.25, 0.3) is 0 Å². The molecule has 182 valence electrons. The summed E-state index contributed by atoms with van der Waals surface area (Å²) in [6, 6.07) is 11.5. The molecule has 2 aromatic rings. The molecule has 1 aromatic heterocycles. The largest absolute Gasteiger partial charge is 0.467 e. The molecular formula is C29H38N2O3. The zero-order valence-corrected chi connectivity index (χ0v) is 21.2. The standard InChI is InChI=1S/C29H38N2O3/c1-20(2)18-23-25(28(23,4)5)26(32)31(19-22-13-11-17-34-22)29(15-9-6-10-16-29)27(33)30-24-14-8-7-12-21(24)3/h7-8,11-14,17-18,23,25H,6,9-10,15-16,19H2,1-5H3,(H,30,33)/t23-,25-/m0/s1. The first-order valence-corrected chi connectivity index (χ1v) is 12.5. The minimum Gasteiger partial charge on any atom is -0.467 e. The number of nitrogens with one attached hydrogen (secondary N) is 1. The number of allylic oxidation sites excluding steroid dienone is 2. The van der Waals surface area contributed by atoms with Crippen molar-refractivity contribution in [1.29, 1.82) is 0 Å². The van der Waals surface area contributed by atoms with Gasteiger partial charge in [-0.15, -0.1) is 0 Å². The Morgan fingerprint density at radius 2 is 1.79 bits per heavy atom. The molecule has 0 spiro atoms. The topological polar surface area (TPSA) is 62.6 Å². The number of aryl methyl sites for hydroxylation is 1. The molecular weight excluding hydrogens is 424 g/mol. The lowest BCUT2D eigenvalue weighted by Crippen LogP contribution is -2.60. The minimum atomic E-state index is -0.890. The van der Waals surface area contributed by atoms with Crippen molar-refractivity contribution in [3.05, 3.63) is 65.6 Å². The van der Waals surface area contributed by atoms with Crippen LogP contribution in [0, 0.1) is 24.2 Å². The fourth-order valence-electron chi connectivity index (χ4n) is 5.69. The van der Waals surface area contributed by atoms with Gasteiger partial charge in [-0.25, -0.2) is 0 Å². The van der Waals surface area contributed by atoms with Crippen molar-refractivity contribution in [2.45, 2.75) is 78.8 Å². The van der Waals surface area contributed by atoms with Crippen LogP contribution >= 0.6 is 0 Å². The summed E-state index contributed by atoms with van der Waals surface area (Å²) in [6.45, 7) is 10.8. The Morgan fingerprint density at radius 3 is 2.41 bits per heavy atom. The summed E-state index contributed by atoms with van der Waals surface area (Å²) < 4.78 is 5.67. The number of rotatable bonds is 7. The number of carbonyl (C=O) groups excluding carboxylic acids is 2. The highest BCUT2D eigenvalue weighted by Gasteiger charge is 2.63. The fraction of sp³-hybridized carbons (Fsp3) is 0.517. The average Bonchev–Trinajstić information content (AvgIpc) is 3.13. The maximum absolute atomic E-state index is 14.2. The zero-order chi connectivity index (χ0) is 24.5. The molecule has 2 aliphatic rings. The molecule has 5 nitrogen and oxygen atoms in total. The van der Waals surface area contributed by atoms with Crippen molar-refractivity contribution in [3.63, 3.8) is 0 Å². The highest BCUT2D eigenvalue weighted by molar-refractivity contribution is 6.01. The Kier molecular flexibility index (Phi) is 6.75. The quantitative estimate of drug-likeness (QED) is 0.478. The molecule has 2 aliphatic carbocycles. The first kappa shape index (κ1) is 24.3. The lowest BCUT2D eigenvalue weighted by atomic mass is 9.78. The third-order valence-electron chi connectivity index (χ3n) is 7.86. The molecule has 0 saturated heterocycles. The lowest BCUT2D eigenvalue weighted by Gasteiger charge is -2.45. The number of hydrogen-bond acceptors (Lipinski definition) is 3. The van der Waals surface area contributed by atoms with Gasteiger partial charge in [0.05, 0.1) is 18.7 Å². The summed E-state index contributed by atoms with van der Waals surface area (Å²) in [5, 5.41) is 3.18. The SMILES string of the molecule is CC(C)=C[C@H]1[C@@H](C(=O)N(Cc2ccco2)C2(C(=O)Nc3ccccc3C)CCCCC2)C1(C)C. The number of benzene rings is 1. The van der Waals surface area contributed by atoms with Crippen molar-refractivity contribution < 1.29 is 14.0 Å². The van der Waals surface area contributed by atoms with Crippen molar-refractivity contribution in [1.82, 2.24) is 4.90 Å². The fourth-order valence-corrected chi connectivity index (χ4v) is 5.69. The van der Waals surface area contributed by atoms with Crippen LogP contribution in [0.3, 0.4) is 0 Å². The first-order chi connectivity index (χ1) is 16.2. The van der Waals surface area contributed by atoms with E-state index in [2.05, 4.69) is 39.1 Å². The van der Waals surface area contributed by atoms with Crippen LogP contribution in [-0.2, 0) is 16.1 Å². The molecule has 0 unspecified atom stereocenters. The third-order valence-corrected chi connectivity index (χ3v) is 7.86. The lowest BCUT2D eigenvalue weighted by molar-refractivity contribution is -0.151. The second-order valence-electron chi connectivity index (χ2n) is 10.9. The number of hydrogen-bond donors (Lipinski definition) is 1. The van der Waals surface area contributed by atoms with Crippen molar-refractivity contribution in [3.8, 4) is 0 Å². The van der Waals surface area contributed by atoms with E-state index in [4.69, 9.17) is 4.42 Å². The second-order valence-corrected chi connectivity index (χ2v) is 10.9. The van der Waals surface area contributed by atoms with Gasteiger partial charge < -0.3 is 14.6 Å². The molecule has 0 aliphatic heterocycles. The maximum Gasteiger partial charge on any atom is 0.250 e. The van der Waals surface area contributed by atoms with Gasteiger partial charge in [-0.2, -0.15) is 0 Å². The molecule has 1 N–H and O–H groups in total. The van der Waals surface area contributed by atoms with Gasteiger partial charge in [-0.3, -0.25) is 9.59 Å². The third kappa shape index (κ3) is 4.57. The maximum atomic E-state index is 14.2. The van der Waals surface area contributed by atoms with E-state index in [-0.39, 0.29) is 29.1 Å². The Labute approximate surface area is 203 Å². The van der Waals surface area contributed by atoms with Gasteiger partial charge in [0, 0.05) is 5.69 Å². The summed E-state index contributed by atoms with van der Waals surface area (Å²) in [4.78, 5) is 30.1. The van der Waals surface area contributed by atoms with Crippen LogP contribution in [-0.4, -0.2) is 22.3 Å². The molecule has 34 heavy (non-hydrogen) atoms. The van der Waals surface area contributed by atoms with Crippen molar-refractivity contribution >= 4 is 17.5 Å². The Morgan fingerprint density at radius 1 is 1.09 bits per heavy atom. The summed E-state index contributed by atoms with van der Waals surface area (Å²) in [5.74, 6) is 0.732. The van der Waals surface area contributed by atoms with Gasteiger partial charge >= 0.3 is 0 Å². The number of furan rings is 1. The molecule has 2 fully saturated rings. The van der Waals surface area contributed by atoms with E-state index in [0.717, 1.165) is 30.5 Å². The van der Waals surface area contributed by atoms with E-state index in [0.29, 0.717) is 25.1 Å². The highest BCUT2D eigenvalue weighted by atomic mass is 16.3. The van der Waals surface area contributed by atoms with Crippen LogP contribution < -0.4 is 5.32 Å². The van der Waals surface area contributed by atoms with E-state index in [1.165, 1.54) is 5.57 Å². The van der Waals surface area contributed by atoms with Crippen LogP contribution in [0.15, 0.2) is 58.7 Å². The predicted molar refractivity (Wildman–Crippen MR) is 135 cm³/mol. The second kappa shape index (κ2) is 9.44. The van der Waals surface area contributed by atoms with Gasteiger partial charge in [0.15, 0.2) is 0 Å². The van der Waals surface area contributed by atoms with Crippen molar-refractivity contribution in [2.24, 2.45) is 17.3 Å². The molecule has 1 aromatic carbocycles. The number of amides is 2. The number of carbonyl (C=O) groups is 2. The number of para-hydroxylation sites is 1. The molecule has 0 radical (unpaired) electrons. The minimum absolute atomic E-state index is 0.0609. The molecule has 0 bridgehead atoms. The average molecular weight is 463 g/mol. The summed E-state index contributed by atoms with van der Waals surface area (Å²) in [6.07, 6.45) is 8.11. The van der Waals surface area contributed by atoms with Gasteiger partial charge in [0.2, 0.25) is 11.8 Å². The summed E-state index contributed by atoms with van der Waals surface area (Å²) in [7, 11) is 0. The van der Waals surface area contributed by atoms with Crippen LogP contribution in [0.4, 0.5) is 5.69 Å². The van der Waals surface area contributed by atoms with Crippen LogP contribution in [0.1, 0.15) is 71.1 Å². The monoisotopic (exact) mass is 462 g/mol. The molecule has 1 heterocycles. The van der Waals surface area contributed by atoms with Gasteiger partial charge in [-0.1, -0.05) is 63.0 Å². The van der Waals surface area contributed by atoms with Crippen molar-refractivity contribution in [2.75, 3.05) is 5.32 Å². The zero-order valence-electron chi connectivity index (χ0n) is 21.2. The predicted octanol–water partition coefficient (Wildman–Crippen LogP) is 6.50. The summed E-state index contributed by atoms with van der Waals surface area (Å²) >= 11 is 0. The molecule has 2 amide bonds. The van der Waals surface area contributed by atoms with Gasteiger partial charge in [-0.05, 0) is 68.7 Å². The molecule has 5 heteroatoms.